The molecule has 4 atom stereocenters. The van der Waals surface area contributed by atoms with Gasteiger partial charge in [-0.2, -0.15) is 0 Å². The zero-order valence-electron chi connectivity index (χ0n) is 19.7. The van der Waals surface area contributed by atoms with Crippen molar-refractivity contribution in [1.29, 1.82) is 0 Å². The van der Waals surface area contributed by atoms with Gasteiger partial charge in [0.1, 0.15) is 12.3 Å². The number of aliphatic hydroxyl groups excluding tert-OH is 1. The van der Waals surface area contributed by atoms with E-state index in [1.165, 1.54) is 0 Å². The van der Waals surface area contributed by atoms with Crippen LogP contribution in [0.5, 0.6) is 0 Å². The molecule has 12 heteroatoms. The summed E-state index contributed by atoms with van der Waals surface area (Å²) in [5, 5.41) is 26.0. The zero-order valence-corrected chi connectivity index (χ0v) is 19.7. The Kier molecular flexibility index (Phi) is 12.4. The largest absolute Gasteiger partial charge is 0.480 e. The summed E-state index contributed by atoms with van der Waals surface area (Å²) in [6.07, 6.45) is -0.748. The molecular formula is C22H36N4O8. The number of carbonyl (C=O) groups excluding carboxylic acids is 5. The van der Waals surface area contributed by atoms with Gasteiger partial charge in [-0.25, -0.2) is 0 Å². The molecule has 34 heavy (non-hydrogen) atoms. The molecule has 12 nitrogen and oxygen atoms in total. The van der Waals surface area contributed by atoms with Crippen molar-refractivity contribution in [2.75, 3.05) is 13.1 Å². The van der Waals surface area contributed by atoms with Crippen molar-refractivity contribution >= 4 is 35.3 Å². The lowest BCUT2D eigenvalue weighted by Crippen LogP contribution is -2.44. The van der Waals surface area contributed by atoms with Crippen LogP contribution >= 0.6 is 0 Å². The first kappa shape index (κ1) is 29.2. The van der Waals surface area contributed by atoms with Gasteiger partial charge in [-0.1, -0.05) is 13.8 Å². The van der Waals surface area contributed by atoms with Crippen LogP contribution in [0.25, 0.3) is 0 Å². The average molecular weight is 485 g/mol. The van der Waals surface area contributed by atoms with E-state index in [-0.39, 0.29) is 50.2 Å². The van der Waals surface area contributed by atoms with Gasteiger partial charge in [0.25, 0.3) is 0 Å². The third-order valence-electron chi connectivity index (χ3n) is 5.49. The number of rotatable bonds is 16. The van der Waals surface area contributed by atoms with Crippen LogP contribution in [0.15, 0.2) is 0 Å². The van der Waals surface area contributed by atoms with Crippen molar-refractivity contribution in [3.63, 3.8) is 0 Å². The minimum absolute atomic E-state index is 0.0424. The fraction of sp³-hybridized carbons (Fsp3) is 0.727. The van der Waals surface area contributed by atoms with Crippen LogP contribution in [0.3, 0.4) is 0 Å². The first-order valence-corrected chi connectivity index (χ1v) is 11.4. The van der Waals surface area contributed by atoms with Crippen LogP contribution in [-0.4, -0.2) is 76.7 Å². The maximum atomic E-state index is 12.9. The molecule has 0 unspecified atom stereocenters. The Bertz CT molecular complexity index is 770. The smallest absolute Gasteiger partial charge is 0.322 e. The summed E-state index contributed by atoms with van der Waals surface area (Å²) >= 11 is 0. The summed E-state index contributed by atoms with van der Waals surface area (Å²) in [5.74, 6) is -4.50. The number of Topliss-reactive ketones (excluding diaryl/α,β-unsaturated/α-hetero) is 2. The number of β-amino-alcohol motifs (C(OH)–C–C–N with tert-alkyl or cyclic N) is 1. The Morgan fingerprint density at radius 1 is 1.09 bits per heavy atom. The third kappa shape index (κ3) is 11.3. The lowest BCUT2D eigenvalue weighted by molar-refractivity contribution is -0.139. The SMILES string of the molecule is CC(C)C[C@@H](CC(=O)[C@H](CCC(N)=O)NC(=O)CCC(=O)[C@H]1C[C@H](O)CN1)C(=O)NCC(=O)O. The van der Waals surface area contributed by atoms with Gasteiger partial charge in [0.05, 0.1) is 18.2 Å². The van der Waals surface area contributed by atoms with Crippen LogP contribution < -0.4 is 21.7 Å². The zero-order chi connectivity index (χ0) is 25.8. The van der Waals surface area contributed by atoms with E-state index in [1.807, 2.05) is 13.8 Å². The van der Waals surface area contributed by atoms with Gasteiger partial charge in [-0.3, -0.25) is 28.8 Å². The lowest BCUT2D eigenvalue weighted by Gasteiger charge is -2.22. The van der Waals surface area contributed by atoms with Crippen LogP contribution in [0, 0.1) is 11.8 Å². The summed E-state index contributed by atoms with van der Waals surface area (Å²) in [5.41, 5.74) is 5.18. The Morgan fingerprint density at radius 3 is 2.29 bits per heavy atom. The molecule has 1 heterocycles. The second kappa shape index (κ2) is 14.4. The number of carboxylic acid groups (broad SMARTS) is 1. The fourth-order valence-electron chi connectivity index (χ4n) is 3.78. The number of aliphatic hydroxyl groups is 1. The van der Waals surface area contributed by atoms with Crippen molar-refractivity contribution in [3.8, 4) is 0 Å². The number of nitrogens with one attached hydrogen (secondary N) is 3. The molecule has 192 valence electrons. The minimum Gasteiger partial charge on any atom is -0.480 e. The molecule has 1 saturated heterocycles. The Hall–Kier alpha value is -2.86. The van der Waals surface area contributed by atoms with Gasteiger partial charge in [0, 0.05) is 38.1 Å². The molecule has 1 rings (SSSR count). The molecule has 0 aliphatic carbocycles. The average Bonchev–Trinajstić information content (AvgIpc) is 3.18. The Morgan fingerprint density at radius 2 is 1.76 bits per heavy atom. The number of carbonyl (C=O) groups is 6. The number of carboxylic acids is 1. The van der Waals surface area contributed by atoms with Gasteiger partial charge in [0.15, 0.2) is 5.78 Å². The molecule has 0 saturated carbocycles. The summed E-state index contributed by atoms with van der Waals surface area (Å²) in [4.78, 5) is 71.9. The summed E-state index contributed by atoms with van der Waals surface area (Å²) in [6, 6.07) is -1.60. The van der Waals surface area contributed by atoms with E-state index in [4.69, 9.17) is 10.8 Å². The van der Waals surface area contributed by atoms with Gasteiger partial charge >= 0.3 is 5.97 Å². The molecular weight excluding hydrogens is 448 g/mol. The predicted octanol–water partition coefficient (Wildman–Crippen LogP) is -1.37. The van der Waals surface area contributed by atoms with E-state index in [0.29, 0.717) is 13.0 Å². The number of amides is 3. The van der Waals surface area contributed by atoms with E-state index < -0.39 is 60.1 Å². The molecule has 1 aliphatic rings. The Labute approximate surface area is 198 Å². The number of primary amides is 1. The summed E-state index contributed by atoms with van der Waals surface area (Å²) in [7, 11) is 0. The number of nitrogens with two attached hydrogens (primary N) is 1. The molecule has 0 aromatic heterocycles. The van der Waals surface area contributed by atoms with Crippen LogP contribution in [0.1, 0.15) is 58.8 Å². The monoisotopic (exact) mass is 484 g/mol. The highest BCUT2D eigenvalue weighted by atomic mass is 16.4. The van der Waals surface area contributed by atoms with Crippen molar-refractivity contribution in [1.82, 2.24) is 16.0 Å². The van der Waals surface area contributed by atoms with Gasteiger partial charge in [-0.05, 0) is 25.2 Å². The third-order valence-corrected chi connectivity index (χ3v) is 5.49. The molecule has 0 radical (unpaired) electrons. The predicted molar refractivity (Wildman–Crippen MR) is 120 cm³/mol. The fourth-order valence-corrected chi connectivity index (χ4v) is 3.78. The molecule has 7 N–H and O–H groups in total. The highest BCUT2D eigenvalue weighted by molar-refractivity contribution is 5.94. The molecule has 1 aliphatic heterocycles. The normalized spacial score (nSPS) is 19.3. The highest BCUT2D eigenvalue weighted by Crippen LogP contribution is 2.18. The van der Waals surface area contributed by atoms with E-state index in [1.54, 1.807) is 0 Å². The summed E-state index contributed by atoms with van der Waals surface area (Å²) in [6.45, 7) is 3.43. The van der Waals surface area contributed by atoms with Crippen molar-refractivity contribution in [2.24, 2.45) is 17.6 Å². The van der Waals surface area contributed by atoms with E-state index in [9.17, 15) is 33.9 Å². The van der Waals surface area contributed by atoms with Crippen molar-refractivity contribution in [2.45, 2.75) is 77.0 Å². The molecule has 0 aromatic rings. The number of hydrogen-bond acceptors (Lipinski definition) is 8. The first-order chi connectivity index (χ1) is 15.9. The van der Waals surface area contributed by atoms with Crippen molar-refractivity contribution in [3.05, 3.63) is 0 Å². The van der Waals surface area contributed by atoms with E-state index in [0.717, 1.165) is 0 Å². The minimum atomic E-state index is -1.22. The van der Waals surface area contributed by atoms with Gasteiger partial charge in [-0.15, -0.1) is 0 Å². The standard InChI is InChI=1S/C22H36N4O8/c1-12(2)7-13(22(34)25-11-21(32)33)8-18(29)15(3-5-19(23)30)26-20(31)6-4-17(28)16-9-14(27)10-24-16/h12-16,24,27H,3-11H2,1-2H3,(H2,23,30)(H,25,34)(H,26,31)(H,32,33)/t13-,14-,15-,16+/m0/s1. The van der Waals surface area contributed by atoms with E-state index >= 15 is 0 Å². The first-order valence-electron chi connectivity index (χ1n) is 11.4. The number of ketones is 2. The summed E-state index contributed by atoms with van der Waals surface area (Å²) < 4.78 is 0. The molecule has 0 spiro atoms. The van der Waals surface area contributed by atoms with Crippen molar-refractivity contribution < 1.29 is 39.0 Å². The topological polar surface area (TPSA) is 205 Å². The maximum Gasteiger partial charge on any atom is 0.322 e. The van der Waals surface area contributed by atoms with Gasteiger partial charge < -0.3 is 31.9 Å². The Balaban J connectivity index is 2.76. The number of aliphatic carboxylic acids is 1. The molecule has 3 amide bonds. The van der Waals surface area contributed by atoms with Crippen LogP contribution in [0.2, 0.25) is 0 Å². The molecule has 1 fully saturated rings. The van der Waals surface area contributed by atoms with Crippen LogP contribution in [-0.2, 0) is 28.8 Å². The second-order valence-electron chi connectivity index (χ2n) is 9.05. The number of hydrogen-bond donors (Lipinski definition) is 6. The van der Waals surface area contributed by atoms with Gasteiger partial charge in [0.2, 0.25) is 17.7 Å². The van der Waals surface area contributed by atoms with E-state index in [2.05, 4.69) is 16.0 Å². The van der Waals surface area contributed by atoms with Crippen LogP contribution in [0.4, 0.5) is 0 Å². The molecule has 0 bridgehead atoms. The lowest BCUT2D eigenvalue weighted by atomic mass is 9.89. The quantitative estimate of drug-likeness (QED) is 0.153. The second-order valence-corrected chi connectivity index (χ2v) is 9.05. The molecule has 0 aromatic carbocycles. The highest BCUT2D eigenvalue weighted by Gasteiger charge is 2.30. The maximum absolute atomic E-state index is 12.9.